The number of methoxy groups -OCH3 is 2. The summed E-state index contributed by atoms with van der Waals surface area (Å²) in [5, 5.41) is 4.31. The highest BCUT2D eigenvalue weighted by Gasteiger charge is 2.43. The first kappa shape index (κ1) is 30.0. The Bertz CT molecular complexity index is 1280. The van der Waals surface area contributed by atoms with Gasteiger partial charge in [0.2, 0.25) is 0 Å². The average molecular weight is 565 g/mol. The van der Waals surface area contributed by atoms with E-state index >= 15 is 4.57 Å². The molecule has 3 aromatic carbocycles. The molecule has 0 radical (unpaired) electrons. The zero-order chi connectivity index (χ0) is 28.9. The molecule has 1 fully saturated rings. The molecule has 0 spiro atoms. The van der Waals surface area contributed by atoms with Crippen LogP contribution >= 0.6 is 7.37 Å². The van der Waals surface area contributed by atoms with Crippen molar-refractivity contribution in [3.63, 3.8) is 0 Å². The second kappa shape index (κ2) is 13.1. The van der Waals surface area contributed by atoms with Crippen LogP contribution in [0.4, 0.5) is 11.4 Å². The summed E-state index contributed by atoms with van der Waals surface area (Å²) in [5.74, 6) is 1.85. The zero-order valence-corrected chi connectivity index (χ0v) is 25.9. The smallest absolute Gasteiger partial charge is 0.258 e. The van der Waals surface area contributed by atoms with E-state index in [1.165, 1.54) is 6.42 Å². The van der Waals surface area contributed by atoms with Crippen molar-refractivity contribution < 1.29 is 18.6 Å². The SMILES string of the molecule is COc1ccc([C@H](Nc2ccccc2)[P@](=O)(O[C@@H]2C[C@@H](C)CC[C@H]2C(C)C)c2ccc(N(C)C)cc2)cc1OC. The Morgan fingerprint density at radius 3 is 2.17 bits per heavy atom. The fourth-order valence-corrected chi connectivity index (χ4v) is 8.37. The molecular weight excluding hydrogens is 519 g/mol. The van der Waals surface area contributed by atoms with Crippen LogP contribution in [0, 0.1) is 17.8 Å². The summed E-state index contributed by atoms with van der Waals surface area (Å²) in [6.07, 6.45) is 3.04. The fraction of sp³-hybridized carbons (Fsp3) is 0.455. The number of anilines is 2. The molecule has 4 rings (SSSR count). The molecule has 0 bridgehead atoms. The lowest BCUT2D eigenvalue weighted by atomic mass is 9.75. The van der Waals surface area contributed by atoms with Crippen LogP contribution in [0.15, 0.2) is 72.8 Å². The Morgan fingerprint density at radius 1 is 0.900 bits per heavy atom. The lowest BCUT2D eigenvalue weighted by Crippen LogP contribution is -2.35. The van der Waals surface area contributed by atoms with E-state index in [-0.39, 0.29) is 6.10 Å². The maximum atomic E-state index is 15.7. The number of hydrogen-bond acceptors (Lipinski definition) is 6. The molecule has 0 amide bonds. The molecule has 7 heteroatoms. The Labute approximate surface area is 240 Å². The first-order valence-corrected chi connectivity index (χ1v) is 15.9. The molecule has 6 nitrogen and oxygen atoms in total. The fourth-order valence-electron chi connectivity index (χ4n) is 5.75. The van der Waals surface area contributed by atoms with Crippen LogP contribution in [-0.2, 0) is 9.09 Å². The van der Waals surface area contributed by atoms with Crippen molar-refractivity contribution >= 4 is 24.0 Å². The summed E-state index contributed by atoms with van der Waals surface area (Å²) in [6.45, 7) is 6.78. The van der Waals surface area contributed by atoms with Gasteiger partial charge in [-0.1, -0.05) is 51.5 Å². The van der Waals surface area contributed by atoms with Gasteiger partial charge in [-0.15, -0.1) is 0 Å². The van der Waals surface area contributed by atoms with Crippen LogP contribution < -0.4 is 25.0 Å². The van der Waals surface area contributed by atoms with Gasteiger partial charge in [-0.25, -0.2) is 0 Å². The van der Waals surface area contributed by atoms with Gasteiger partial charge in [0, 0.05) is 30.8 Å². The lowest BCUT2D eigenvalue weighted by Gasteiger charge is -2.41. The number of nitrogens with zero attached hydrogens (tertiary/aromatic N) is 1. The number of ether oxygens (including phenoxy) is 2. The molecule has 1 aliphatic carbocycles. The van der Waals surface area contributed by atoms with Gasteiger partial charge in [0.1, 0.15) is 5.78 Å². The van der Waals surface area contributed by atoms with Crippen LogP contribution in [0.3, 0.4) is 0 Å². The van der Waals surface area contributed by atoms with Gasteiger partial charge >= 0.3 is 0 Å². The average Bonchev–Trinajstić information content (AvgIpc) is 2.96. The number of benzene rings is 3. The summed E-state index contributed by atoms with van der Waals surface area (Å²) >= 11 is 0. The molecule has 1 N–H and O–H groups in total. The van der Waals surface area contributed by atoms with Crippen molar-refractivity contribution in [3.8, 4) is 11.5 Å². The van der Waals surface area contributed by atoms with Gasteiger partial charge in [-0.2, -0.15) is 0 Å². The third-order valence-corrected chi connectivity index (χ3v) is 10.8. The highest BCUT2D eigenvalue weighted by Crippen LogP contribution is 2.62. The Hall–Kier alpha value is -2.95. The van der Waals surface area contributed by atoms with Crippen molar-refractivity contribution in [2.75, 3.05) is 38.5 Å². The summed E-state index contributed by atoms with van der Waals surface area (Å²) < 4.78 is 33.9. The summed E-state index contributed by atoms with van der Waals surface area (Å²) in [6, 6.07) is 23.6. The number of nitrogens with one attached hydrogen (secondary N) is 1. The summed E-state index contributed by atoms with van der Waals surface area (Å²) in [4.78, 5) is 2.04. The molecule has 0 saturated heterocycles. The van der Waals surface area contributed by atoms with Crippen LogP contribution in [-0.4, -0.2) is 34.4 Å². The Kier molecular flexibility index (Phi) is 9.86. The quantitative estimate of drug-likeness (QED) is 0.239. The van der Waals surface area contributed by atoms with Crippen LogP contribution in [0.1, 0.15) is 51.4 Å². The van der Waals surface area contributed by atoms with Crippen molar-refractivity contribution in [1.82, 2.24) is 0 Å². The van der Waals surface area contributed by atoms with E-state index in [9.17, 15) is 0 Å². The Morgan fingerprint density at radius 2 is 1.57 bits per heavy atom. The molecule has 3 aromatic rings. The molecule has 1 aliphatic rings. The third kappa shape index (κ3) is 6.67. The van der Waals surface area contributed by atoms with Gasteiger partial charge < -0.3 is 24.2 Å². The molecule has 216 valence electrons. The standard InChI is InChI=1S/C33H45N2O4P/c1-23(2)29-19-13-24(3)21-31(29)39-40(36,28-17-15-27(16-18-28)35(4)5)33(34-26-11-9-8-10-12-26)25-14-20-30(37-6)32(22-25)38-7/h8-12,14-18,20,22-24,29,31,33-34H,13,19,21H2,1-7H3/t24-,29-,31+,33+,40+/m0/s1. The first-order valence-electron chi connectivity index (χ1n) is 14.3. The minimum atomic E-state index is -3.57. The molecular formula is C33H45N2O4P. The summed E-state index contributed by atoms with van der Waals surface area (Å²) in [7, 11) is 3.68. The van der Waals surface area contributed by atoms with E-state index in [1.54, 1.807) is 14.2 Å². The van der Waals surface area contributed by atoms with Crippen LogP contribution in [0.25, 0.3) is 0 Å². The maximum Gasteiger partial charge on any atom is 0.258 e. The predicted molar refractivity (Wildman–Crippen MR) is 167 cm³/mol. The molecule has 0 aliphatic heterocycles. The first-order chi connectivity index (χ1) is 19.2. The second-order valence-corrected chi connectivity index (χ2v) is 13.9. The lowest BCUT2D eigenvalue weighted by molar-refractivity contribution is 0.0488. The second-order valence-electron chi connectivity index (χ2n) is 11.5. The van der Waals surface area contributed by atoms with Gasteiger partial charge in [-0.05, 0) is 84.7 Å². The van der Waals surface area contributed by atoms with E-state index in [4.69, 9.17) is 14.0 Å². The van der Waals surface area contributed by atoms with Gasteiger partial charge in [0.25, 0.3) is 7.37 Å². The van der Waals surface area contributed by atoms with E-state index in [0.717, 1.165) is 29.8 Å². The highest BCUT2D eigenvalue weighted by molar-refractivity contribution is 7.67. The number of rotatable bonds is 11. The molecule has 1 saturated carbocycles. The zero-order valence-electron chi connectivity index (χ0n) is 25.0. The number of para-hydroxylation sites is 1. The van der Waals surface area contributed by atoms with Crippen molar-refractivity contribution in [2.45, 2.75) is 51.9 Å². The van der Waals surface area contributed by atoms with Crippen molar-refractivity contribution in [3.05, 3.63) is 78.4 Å². The van der Waals surface area contributed by atoms with Crippen molar-refractivity contribution in [1.29, 1.82) is 0 Å². The minimum Gasteiger partial charge on any atom is -0.493 e. The topological polar surface area (TPSA) is 60.0 Å². The third-order valence-electron chi connectivity index (χ3n) is 8.12. The van der Waals surface area contributed by atoms with Crippen LogP contribution in [0.5, 0.6) is 11.5 Å². The molecule has 40 heavy (non-hydrogen) atoms. The molecule has 0 heterocycles. The highest BCUT2D eigenvalue weighted by atomic mass is 31.2. The van der Waals surface area contributed by atoms with E-state index < -0.39 is 13.2 Å². The van der Waals surface area contributed by atoms with Gasteiger partial charge in [0.15, 0.2) is 11.5 Å². The normalized spacial score (nSPS) is 21.4. The largest absolute Gasteiger partial charge is 0.493 e. The maximum absolute atomic E-state index is 15.7. The monoisotopic (exact) mass is 564 g/mol. The van der Waals surface area contributed by atoms with Crippen molar-refractivity contribution in [2.24, 2.45) is 17.8 Å². The van der Waals surface area contributed by atoms with E-state index in [1.807, 2.05) is 91.8 Å². The minimum absolute atomic E-state index is 0.108. The Balaban J connectivity index is 1.89. The predicted octanol–water partition coefficient (Wildman–Crippen LogP) is 7.96. The van der Waals surface area contributed by atoms with Gasteiger partial charge in [0.05, 0.1) is 20.3 Å². The molecule has 0 unspecified atom stereocenters. The van der Waals surface area contributed by atoms with Gasteiger partial charge in [-0.3, -0.25) is 4.57 Å². The van der Waals surface area contributed by atoms with E-state index in [0.29, 0.717) is 34.6 Å². The molecule has 5 atom stereocenters. The summed E-state index contributed by atoms with van der Waals surface area (Å²) in [5.41, 5.74) is 2.72. The van der Waals surface area contributed by atoms with E-state index in [2.05, 4.69) is 26.1 Å². The van der Waals surface area contributed by atoms with Crippen LogP contribution in [0.2, 0.25) is 0 Å². The number of hydrogen-bond donors (Lipinski definition) is 1. The molecule has 0 aromatic heterocycles.